The summed E-state index contributed by atoms with van der Waals surface area (Å²) in [5.41, 5.74) is 2.30. The van der Waals surface area contributed by atoms with Gasteiger partial charge in [0, 0.05) is 119 Å². The second-order valence-electron chi connectivity index (χ2n) is 12.3. The molecule has 0 unspecified atom stereocenters. The quantitative estimate of drug-likeness (QED) is 0.0330. The number of carbonyl (C=O) groups excluding carboxylic acids is 2. The largest absolute Gasteiger partial charge is 1.00 e. The molecule has 21 heteroatoms. The number of aromatic nitrogens is 3. The minimum atomic E-state index is -0.642. The van der Waals surface area contributed by atoms with Gasteiger partial charge in [-0.3, -0.25) is 32.1 Å². The Balaban J connectivity index is 0.000000850. The van der Waals surface area contributed by atoms with E-state index in [1.165, 1.54) is 32.1 Å². The number of ketones is 1. The van der Waals surface area contributed by atoms with E-state index < -0.39 is 34.9 Å². The third kappa shape index (κ3) is 17.6. The normalized spacial score (nSPS) is 9.98. The number of halogens is 6. The van der Waals surface area contributed by atoms with E-state index in [1.807, 2.05) is 52.5 Å². The monoisotopic (exact) mass is 1360 g/mol. The van der Waals surface area contributed by atoms with Crippen LogP contribution in [0.4, 0.5) is 26.3 Å². The topological polar surface area (TPSA) is 125 Å². The van der Waals surface area contributed by atoms with Gasteiger partial charge in [-0.2, -0.15) is 0 Å². The Morgan fingerprint density at radius 1 is 0.636 bits per heavy atom. The Labute approximate surface area is 499 Å². The van der Waals surface area contributed by atoms with Gasteiger partial charge < -0.3 is 26.6 Å². The summed E-state index contributed by atoms with van der Waals surface area (Å²) in [5, 5.41) is 25.2. The van der Waals surface area contributed by atoms with Gasteiger partial charge in [0.25, 0.3) is 6.47 Å². The van der Waals surface area contributed by atoms with Crippen molar-refractivity contribution in [2.45, 2.75) is 13.8 Å². The van der Waals surface area contributed by atoms with E-state index in [0.717, 1.165) is 60.6 Å². The number of carbonyl (C=O) groups is 2. The fourth-order valence-corrected chi connectivity index (χ4v) is 7.87. The first-order valence-corrected chi connectivity index (χ1v) is 20.2. The third-order valence-electron chi connectivity index (χ3n) is 7.97. The summed E-state index contributed by atoms with van der Waals surface area (Å²) in [6.45, 7) is 2.67. The molecule has 9 aromatic rings. The average molecular weight is 1360 g/mol. The van der Waals surface area contributed by atoms with Crippen molar-refractivity contribution in [3.63, 3.8) is 0 Å². The van der Waals surface area contributed by atoms with Crippen molar-refractivity contribution in [2.75, 3.05) is 0 Å². The van der Waals surface area contributed by atoms with Crippen LogP contribution in [-0.2, 0) is 54.7 Å². The SMILES string of the molecule is CC(=O)C=C(C)O.Fc1c[c-]c(-c2nccc3sccc23)c(F)c1.Fc1c[c-]c(-c2nccc3sccc23)c(F)c1.Fc1ccc(-c2nccc3sccc23)c(F)c1.O=CO[O-].[H-].[Ir].[Ir].[K+].[K+]. The molecule has 8 nitrogen and oxygen atoms in total. The maximum absolute atomic E-state index is 13.7. The molecule has 0 amide bonds. The van der Waals surface area contributed by atoms with Crippen LogP contribution in [0.15, 0.2) is 125 Å². The number of thiophene rings is 3. The average Bonchev–Trinajstić information content (AvgIpc) is 4.03. The molecule has 0 aliphatic rings. The Kier molecular flexibility index (Phi) is 29.1. The number of aliphatic hydroxyl groups is 1. The summed E-state index contributed by atoms with van der Waals surface area (Å²) in [6, 6.07) is 23.9. The number of hydrogen-bond acceptors (Lipinski definition) is 11. The second kappa shape index (κ2) is 31.1. The van der Waals surface area contributed by atoms with Gasteiger partial charge in [0.1, 0.15) is 11.6 Å². The molecule has 0 atom stereocenters. The summed E-state index contributed by atoms with van der Waals surface area (Å²) in [6.07, 6.45) is 6.03. The van der Waals surface area contributed by atoms with Crippen LogP contribution >= 0.6 is 34.0 Å². The predicted molar refractivity (Wildman–Crippen MR) is 228 cm³/mol. The minimum absolute atomic E-state index is 0. The van der Waals surface area contributed by atoms with E-state index in [1.54, 1.807) is 52.6 Å². The fourth-order valence-electron chi connectivity index (χ4n) is 5.53. The van der Waals surface area contributed by atoms with Gasteiger partial charge in [-0.25, -0.2) is 8.78 Å². The number of pyridine rings is 3. The smallest absolute Gasteiger partial charge is 1.00 e. The van der Waals surface area contributed by atoms with E-state index in [4.69, 9.17) is 15.2 Å². The molecule has 66 heavy (non-hydrogen) atoms. The van der Waals surface area contributed by atoms with Crippen molar-refractivity contribution >= 4 is 76.5 Å². The molecule has 336 valence electrons. The number of aliphatic hydroxyl groups excluding tert-OH is 1. The summed E-state index contributed by atoms with van der Waals surface area (Å²) >= 11 is 4.68. The number of fused-ring (bicyclic) bond motifs is 3. The fraction of sp³-hybridized carbons (Fsp3) is 0.0444. The molecule has 0 aliphatic carbocycles. The van der Waals surface area contributed by atoms with Crippen molar-refractivity contribution in [1.82, 2.24) is 15.0 Å². The van der Waals surface area contributed by atoms with Gasteiger partial charge in [-0.15, -0.1) is 58.3 Å². The molecule has 0 aliphatic heterocycles. The van der Waals surface area contributed by atoms with Gasteiger partial charge in [0.05, 0.1) is 11.5 Å². The molecule has 2 radical (unpaired) electrons. The van der Waals surface area contributed by atoms with Crippen LogP contribution in [0.1, 0.15) is 15.3 Å². The van der Waals surface area contributed by atoms with Crippen LogP contribution in [0.5, 0.6) is 0 Å². The number of benzene rings is 3. The zero-order chi connectivity index (χ0) is 44.8. The maximum atomic E-state index is 13.7. The third-order valence-corrected chi connectivity index (χ3v) is 10.6. The molecule has 9 rings (SSSR count). The Morgan fingerprint density at radius 3 is 1.35 bits per heavy atom. The first-order chi connectivity index (χ1) is 29.8. The van der Waals surface area contributed by atoms with Gasteiger partial charge in [0.15, 0.2) is 5.78 Å². The van der Waals surface area contributed by atoms with Gasteiger partial charge >= 0.3 is 103 Å². The molecular weight excluding hydrogens is 1340 g/mol. The summed E-state index contributed by atoms with van der Waals surface area (Å²) < 4.78 is 82.6. The van der Waals surface area contributed by atoms with Gasteiger partial charge in [0.2, 0.25) is 0 Å². The molecule has 3 aromatic carbocycles. The Hall–Kier alpha value is -2.22. The molecule has 1 N–H and O–H groups in total. The first kappa shape index (κ1) is 61.8. The van der Waals surface area contributed by atoms with Gasteiger partial charge in [-0.1, -0.05) is 35.4 Å². The molecule has 6 heterocycles. The van der Waals surface area contributed by atoms with Crippen molar-refractivity contribution in [1.29, 1.82) is 0 Å². The summed E-state index contributed by atoms with van der Waals surface area (Å²) in [5.74, 6) is -3.78. The second-order valence-corrected chi connectivity index (χ2v) is 15.1. The zero-order valence-electron chi connectivity index (χ0n) is 35.7. The van der Waals surface area contributed by atoms with Crippen molar-refractivity contribution < 1.29 is 196 Å². The number of rotatable bonds is 5. The van der Waals surface area contributed by atoms with Crippen LogP contribution in [0.2, 0.25) is 0 Å². The predicted octanol–water partition coefficient (Wildman–Crippen LogP) is 5.91. The zero-order valence-corrected chi connectivity index (χ0v) is 48.2. The number of allylic oxidation sites excluding steroid dienone is 2. The number of nitrogens with zero attached hydrogens (tertiary/aromatic N) is 3. The molecule has 0 bridgehead atoms. The van der Waals surface area contributed by atoms with Crippen LogP contribution in [0.25, 0.3) is 64.0 Å². The van der Waals surface area contributed by atoms with Crippen molar-refractivity contribution in [2.24, 2.45) is 0 Å². The summed E-state index contributed by atoms with van der Waals surface area (Å²) in [4.78, 5) is 33.8. The van der Waals surface area contributed by atoms with Crippen molar-refractivity contribution in [3.8, 4) is 33.8 Å². The van der Waals surface area contributed by atoms with Gasteiger partial charge in [-0.05, 0) is 88.5 Å². The molecule has 0 fully saturated rings. The van der Waals surface area contributed by atoms with Crippen LogP contribution in [0, 0.1) is 47.0 Å². The standard InChI is InChI=1S/C13H7F2NS.2C13H6F2NS.C5H8O2.CH2O3.2Ir.2K.H/c3*14-8-1-2-9(11(15)7-8)13-10-4-6-17-12(10)3-5-16-13;1-4(6)3-5(2)7;2-1-4-3;;;;;/h1-7H;2*1,3-7H;3,6H,1-2H3;1,3H;;;;;/q;2*-1;;;;;2*+1;-1/p-1. The van der Waals surface area contributed by atoms with E-state index in [9.17, 15) is 31.1 Å². The van der Waals surface area contributed by atoms with E-state index >= 15 is 0 Å². The van der Waals surface area contributed by atoms with E-state index in [-0.39, 0.29) is 174 Å². The summed E-state index contributed by atoms with van der Waals surface area (Å²) in [7, 11) is 0. The van der Waals surface area contributed by atoms with Crippen LogP contribution in [0.3, 0.4) is 0 Å². The van der Waals surface area contributed by atoms with Crippen LogP contribution in [-0.4, -0.2) is 32.3 Å². The van der Waals surface area contributed by atoms with Crippen molar-refractivity contribution in [3.05, 3.63) is 172 Å². The molecule has 0 saturated heterocycles. The first-order valence-electron chi connectivity index (χ1n) is 17.6. The molecule has 6 aromatic heterocycles. The maximum Gasteiger partial charge on any atom is 1.00 e. The van der Waals surface area contributed by atoms with E-state index in [0.29, 0.717) is 22.6 Å². The Morgan fingerprint density at radius 2 is 1.02 bits per heavy atom. The molecule has 0 spiro atoms. The Bertz CT molecular complexity index is 2730. The minimum Gasteiger partial charge on any atom is -1.00 e. The van der Waals surface area contributed by atoms with Crippen LogP contribution < -0.4 is 108 Å². The molecule has 0 saturated carbocycles. The number of hydrogen-bond donors (Lipinski definition) is 1. The van der Waals surface area contributed by atoms with E-state index in [2.05, 4.69) is 32.0 Å². The molecular formula is C45H29F6Ir2K2N3O5S3-2.